The molecule has 1 aromatic carbocycles. The van der Waals surface area contributed by atoms with Crippen molar-refractivity contribution in [2.24, 2.45) is 7.05 Å². The van der Waals surface area contributed by atoms with Crippen LogP contribution >= 0.6 is 0 Å². The third-order valence-corrected chi connectivity index (χ3v) is 5.77. The van der Waals surface area contributed by atoms with Crippen molar-refractivity contribution in [1.29, 1.82) is 0 Å². The maximum Gasteiger partial charge on any atom is 0.435 e. The standard InChI is InChI=1S/C16H15F3N4O2S/c1-4-26(24,25)12-7-9(2)5-6-10(12)14-20-11-8-13(16(17,18)19)21-22-15(11)23(14)3/h5-8H,4H2,1-3H3. The second-order valence-electron chi connectivity index (χ2n) is 5.83. The van der Waals surface area contributed by atoms with E-state index >= 15 is 0 Å². The molecule has 0 saturated carbocycles. The highest BCUT2D eigenvalue weighted by atomic mass is 32.2. The van der Waals surface area contributed by atoms with E-state index < -0.39 is 21.7 Å². The molecule has 0 spiro atoms. The van der Waals surface area contributed by atoms with Crippen molar-refractivity contribution in [1.82, 2.24) is 19.7 Å². The molecule has 2 heterocycles. The molecule has 0 unspecified atom stereocenters. The Morgan fingerprint density at radius 3 is 2.46 bits per heavy atom. The van der Waals surface area contributed by atoms with Crippen molar-refractivity contribution >= 4 is 21.0 Å². The Bertz CT molecular complexity index is 1100. The summed E-state index contributed by atoms with van der Waals surface area (Å²) in [6.07, 6.45) is -4.64. The fourth-order valence-electron chi connectivity index (χ4n) is 2.59. The molecule has 0 radical (unpaired) electrons. The average molecular weight is 384 g/mol. The molecule has 3 aromatic rings. The Kier molecular flexibility index (Phi) is 4.26. The van der Waals surface area contributed by atoms with E-state index in [1.165, 1.54) is 17.6 Å². The normalized spacial score (nSPS) is 12.7. The summed E-state index contributed by atoms with van der Waals surface area (Å²) in [6.45, 7) is 3.28. The molecule has 0 amide bonds. The van der Waals surface area contributed by atoms with Crippen molar-refractivity contribution in [3.8, 4) is 11.4 Å². The van der Waals surface area contributed by atoms with Crippen molar-refractivity contribution in [2.45, 2.75) is 24.9 Å². The highest BCUT2D eigenvalue weighted by Gasteiger charge is 2.34. The van der Waals surface area contributed by atoms with Gasteiger partial charge in [-0.15, -0.1) is 10.2 Å². The molecule has 0 aliphatic heterocycles. The van der Waals surface area contributed by atoms with Crippen LogP contribution in [0.1, 0.15) is 18.2 Å². The zero-order valence-electron chi connectivity index (χ0n) is 14.2. The average Bonchev–Trinajstić information content (AvgIpc) is 2.90. The van der Waals surface area contributed by atoms with Gasteiger partial charge in [0.1, 0.15) is 11.3 Å². The topological polar surface area (TPSA) is 77.7 Å². The number of aryl methyl sites for hydroxylation is 2. The summed E-state index contributed by atoms with van der Waals surface area (Å²) < 4.78 is 64.8. The highest BCUT2D eigenvalue weighted by Crippen LogP contribution is 2.32. The van der Waals surface area contributed by atoms with Crippen molar-refractivity contribution < 1.29 is 21.6 Å². The molecule has 6 nitrogen and oxygen atoms in total. The van der Waals surface area contributed by atoms with Crippen LogP contribution in [0.5, 0.6) is 0 Å². The van der Waals surface area contributed by atoms with Crippen LogP contribution < -0.4 is 0 Å². The quantitative estimate of drug-likeness (QED) is 0.693. The molecule has 138 valence electrons. The molecule has 10 heteroatoms. The van der Waals surface area contributed by atoms with Crippen LogP contribution in [-0.4, -0.2) is 33.9 Å². The molecule has 2 aromatic heterocycles. The third-order valence-electron chi connectivity index (χ3n) is 4.00. The van der Waals surface area contributed by atoms with Gasteiger partial charge in [-0.25, -0.2) is 13.4 Å². The van der Waals surface area contributed by atoms with Crippen LogP contribution in [0.25, 0.3) is 22.6 Å². The number of rotatable bonds is 3. The van der Waals surface area contributed by atoms with Gasteiger partial charge in [0.25, 0.3) is 0 Å². The predicted molar refractivity (Wildman–Crippen MR) is 89.2 cm³/mol. The lowest BCUT2D eigenvalue weighted by Gasteiger charge is -2.10. The molecular weight excluding hydrogens is 369 g/mol. The van der Waals surface area contributed by atoms with Crippen LogP contribution in [0.3, 0.4) is 0 Å². The number of hydrogen-bond acceptors (Lipinski definition) is 5. The number of fused-ring (bicyclic) bond motifs is 1. The lowest BCUT2D eigenvalue weighted by atomic mass is 10.1. The predicted octanol–water partition coefficient (Wildman–Crippen LogP) is 3.15. The van der Waals surface area contributed by atoms with Crippen molar-refractivity contribution in [3.63, 3.8) is 0 Å². The van der Waals surface area contributed by atoms with Crippen LogP contribution in [0.4, 0.5) is 13.2 Å². The Hall–Kier alpha value is -2.49. The zero-order valence-corrected chi connectivity index (χ0v) is 15.0. The minimum atomic E-state index is -4.64. The highest BCUT2D eigenvalue weighted by molar-refractivity contribution is 7.91. The fourth-order valence-corrected chi connectivity index (χ4v) is 3.76. The minimum absolute atomic E-state index is 0.00903. The molecule has 0 atom stereocenters. The number of hydrogen-bond donors (Lipinski definition) is 0. The first-order chi connectivity index (χ1) is 12.0. The van der Waals surface area contributed by atoms with Gasteiger partial charge in [-0.3, -0.25) is 0 Å². The second-order valence-corrected chi connectivity index (χ2v) is 8.08. The van der Waals surface area contributed by atoms with Crippen LogP contribution in [0.15, 0.2) is 29.2 Å². The largest absolute Gasteiger partial charge is 0.435 e. The van der Waals surface area contributed by atoms with Gasteiger partial charge in [0.15, 0.2) is 21.2 Å². The van der Waals surface area contributed by atoms with Crippen LogP contribution in [-0.2, 0) is 23.1 Å². The minimum Gasteiger partial charge on any atom is -0.310 e. The molecule has 0 aliphatic carbocycles. The lowest BCUT2D eigenvalue weighted by molar-refractivity contribution is -0.141. The maximum absolute atomic E-state index is 12.8. The first kappa shape index (κ1) is 18.3. The van der Waals surface area contributed by atoms with E-state index in [1.807, 2.05) is 0 Å². The maximum atomic E-state index is 12.8. The molecule has 0 aliphatic rings. The van der Waals surface area contributed by atoms with Gasteiger partial charge >= 0.3 is 6.18 Å². The lowest BCUT2D eigenvalue weighted by Crippen LogP contribution is -2.09. The number of halogens is 3. The van der Waals surface area contributed by atoms with Gasteiger partial charge in [0.05, 0.1) is 10.6 Å². The van der Waals surface area contributed by atoms with Gasteiger partial charge in [-0.05, 0) is 24.6 Å². The monoisotopic (exact) mass is 384 g/mol. The Labute approximate surface area is 147 Å². The van der Waals surface area contributed by atoms with E-state index in [0.29, 0.717) is 5.56 Å². The van der Waals surface area contributed by atoms with E-state index in [4.69, 9.17) is 0 Å². The summed E-state index contributed by atoms with van der Waals surface area (Å²) in [7, 11) is -2.00. The summed E-state index contributed by atoms with van der Waals surface area (Å²) in [6, 6.07) is 5.64. The van der Waals surface area contributed by atoms with E-state index in [-0.39, 0.29) is 27.6 Å². The summed E-state index contributed by atoms with van der Waals surface area (Å²) in [5, 5.41) is 6.80. The molecule has 0 fully saturated rings. The van der Waals surface area contributed by atoms with E-state index in [1.54, 1.807) is 26.1 Å². The summed E-state index contributed by atoms with van der Waals surface area (Å²) in [5.41, 5.74) is 0.0313. The van der Waals surface area contributed by atoms with Gasteiger partial charge < -0.3 is 4.57 Å². The first-order valence-electron chi connectivity index (χ1n) is 7.65. The van der Waals surface area contributed by atoms with Gasteiger partial charge in [-0.1, -0.05) is 13.0 Å². The van der Waals surface area contributed by atoms with Crippen LogP contribution in [0.2, 0.25) is 0 Å². The Balaban J connectivity index is 2.29. The van der Waals surface area contributed by atoms with Crippen LogP contribution in [0, 0.1) is 6.92 Å². The fraction of sp³-hybridized carbons (Fsp3) is 0.312. The number of nitrogens with zero attached hydrogens (tertiary/aromatic N) is 4. The third kappa shape index (κ3) is 3.05. The molecule has 0 bridgehead atoms. The molecular formula is C16H15F3N4O2S. The first-order valence-corrected chi connectivity index (χ1v) is 9.31. The molecule has 26 heavy (non-hydrogen) atoms. The van der Waals surface area contributed by atoms with Gasteiger partial charge in [0.2, 0.25) is 0 Å². The number of sulfone groups is 1. The molecule has 0 N–H and O–H groups in total. The summed E-state index contributed by atoms with van der Waals surface area (Å²) in [4.78, 5) is 4.28. The number of aromatic nitrogens is 4. The SMILES string of the molecule is CCS(=O)(=O)c1cc(C)ccc1-c1nc2cc(C(F)(F)F)nnc2n1C. The van der Waals surface area contributed by atoms with E-state index in [2.05, 4.69) is 15.2 Å². The van der Waals surface area contributed by atoms with Gasteiger partial charge in [0, 0.05) is 18.7 Å². The van der Waals surface area contributed by atoms with Crippen molar-refractivity contribution in [2.75, 3.05) is 5.75 Å². The second kappa shape index (κ2) is 6.04. The van der Waals surface area contributed by atoms with E-state index in [0.717, 1.165) is 11.6 Å². The number of alkyl halides is 3. The molecule has 3 rings (SSSR count). The summed E-state index contributed by atoms with van der Waals surface area (Å²) in [5.74, 6) is 0.103. The van der Waals surface area contributed by atoms with Gasteiger partial charge in [-0.2, -0.15) is 13.2 Å². The smallest absolute Gasteiger partial charge is 0.310 e. The van der Waals surface area contributed by atoms with Crippen molar-refractivity contribution in [3.05, 3.63) is 35.5 Å². The number of imidazole rings is 1. The van der Waals surface area contributed by atoms with E-state index in [9.17, 15) is 21.6 Å². The Morgan fingerprint density at radius 1 is 1.15 bits per heavy atom. The number of benzene rings is 1. The molecule has 0 saturated heterocycles. The Morgan fingerprint density at radius 2 is 1.85 bits per heavy atom. The summed E-state index contributed by atoms with van der Waals surface area (Å²) >= 11 is 0. The zero-order chi connectivity index (χ0) is 19.3.